The molecule has 0 aromatic heterocycles. The van der Waals surface area contributed by atoms with E-state index in [4.69, 9.17) is 0 Å². The predicted molar refractivity (Wildman–Crippen MR) is 83.3 cm³/mol. The zero-order valence-corrected chi connectivity index (χ0v) is 12.8. The molecule has 112 valence electrons. The predicted octanol–water partition coefficient (Wildman–Crippen LogP) is 3.44. The summed E-state index contributed by atoms with van der Waals surface area (Å²) in [6, 6.07) is 5.69. The highest BCUT2D eigenvalue weighted by atomic mass is 16.6. The van der Waals surface area contributed by atoms with E-state index in [-0.39, 0.29) is 10.6 Å². The molecule has 0 atom stereocenters. The third-order valence-electron chi connectivity index (χ3n) is 3.42. The van der Waals surface area contributed by atoms with Crippen molar-refractivity contribution < 1.29 is 4.92 Å². The van der Waals surface area contributed by atoms with Gasteiger partial charge in [0.1, 0.15) is 0 Å². The molecule has 0 unspecified atom stereocenters. The summed E-state index contributed by atoms with van der Waals surface area (Å²) in [6.07, 6.45) is 2.17. The van der Waals surface area contributed by atoms with Crippen molar-refractivity contribution in [3.63, 3.8) is 0 Å². The van der Waals surface area contributed by atoms with Gasteiger partial charge in [-0.15, -0.1) is 0 Å². The van der Waals surface area contributed by atoms with Gasteiger partial charge in [-0.2, -0.15) is 0 Å². The molecular formula is C15H25N3O2. The zero-order valence-electron chi connectivity index (χ0n) is 12.8. The molecule has 20 heavy (non-hydrogen) atoms. The van der Waals surface area contributed by atoms with E-state index in [2.05, 4.69) is 31.1 Å². The Hall–Kier alpha value is -1.62. The molecule has 0 spiro atoms. The van der Waals surface area contributed by atoms with Crippen LogP contribution in [0.2, 0.25) is 0 Å². The average molecular weight is 279 g/mol. The van der Waals surface area contributed by atoms with Gasteiger partial charge >= 0.3 is 0 Å². The quantitative estimate of drug-likeness (QED) is 0.450. The number of nitro groups is 1. The molecule has 0 heterocycles. The highest BCUT2D eigenvalue weighted by molar-refractivity contribution is 5.53. The van der Waals surface area contributed by atoms with Gasteiger partial charge in [-0.1, -0.05) is 0 Å². The maximum atomic E-state index is 10.8. The number of rotatable bonds is 8. The molecule has 1 N–H and O–H groups in total. The van der Waals surface area contributed by atoms with Gasteiger partial charge in [0.15, 0.2) is 0 Å². The minimum absolute atomic E-state index is 0.145. The summed E-state index contributed by atoms with van der Waals surface area (Å²) >= 11 is 0. The monoisotopic (exact) mass is 279 g/mol. The van der Waals surface area contributed by atoms with Crippen molar-refractivity contribution in [3.8, 4) is 0 Å². The summed E-state index contributed by atoms with van der Waals surface area (Å²) in [7, 11) is 2.13. The lowest BCUT2D eigenvalue weighted by atomic mass is 10.2. The number of unbranched alkanes of at least 4 members (excludes halogenated alkanes) is 1. The smallest absolute Gasteiger partial charge is 0.271 e. The van der Waals surface area contributed by atoms with E-state index in [0.29, 0.717) is 6.04 Å². The van der Waals surface area contributed by atoms with Crippen LogP contribution in [0.4, 0.5) is 11.4 Å². The third-order valence-corrected chi connectivity index (χ3v) is 3.42. The maximum absolute atomic E-state index is 10.8. The standard InChI is InChI=1S/C15H25N3O2/c1-12(2)17(4)8-6-5-7-16-14-9-13(3)10-15(11-14)18(19)20/h9-12,16H,5-8H2,1-4H3. The van der Waals surface area contributed by atoms with Crippen molar-refractivity contribution in [1.29, 1.82) is 0 Å². The van der Waals surface area contributed by atoms with Crippen molar-refractivity contribution in [2.75, 3.05) is 25.5 Å². The third kappa shape index (κ3) is 5.57. The highest BCUT2D eigenvalue weighted by Gasteiger charge is 2.07. The summed E-state index contributed by atoms with van der Waals surface area (Å²) in [4.78, 5) is 12.8. The topological polar surface area (TPSA) is 58.4 Å². The molecule has 0 aliphatic carbocycles. The molecule has 5 heteroatoms. The molecule has 0 radical (unpaired) electrons. The van der Waals surface area contributed by atoms with Crippen molar-refractivity contribution in [1.82, 2.24) is 4.90 Å². The molecule has 1 aromatic carbocycles. The number of nitrogens with one attached hydrogen (secondary N) is 1. The Morgan fingerprint density at radius 2 is 2.00 bits per heavy atom. The van der Waals surface area contributed by atoms with E-state index in [1.54, 1.807) is 12.1 Å². The number of anilines is 1. The summed E-state index contributed by atoms with van der Waals surface area (Å²) in [5.41, 5.74) is 1.88. The Morgan fingerprint density at radius 1 is 1.30 bits per heavy atom. The number of non-ortho nitro benzene ring substituents is 1. The van der Waals surface area contributed by atoms with Crippen LogP contribution in [0.25, 0.3) is 0 Å². The number of nitrogens with zero attached hydrogens (tertiary/aromatic N) is 2. The molecular weight excluding hydrogens is 254 g/mol. The Morgan fingerprint density at radius 3 is 2.60 bits per heavy atom. The lowest BCUT2D eigenvalue weighted by Crippen LogP contribution is -2.27. The van der Waals surface area contributed by atoms with Crippen LogP contribution in [0, 0.1) is 17.0 Å². The molecule has 5 nitrogen and oxygen atoms in total. The van der Waals surface area contributed by atoms with Gasteiger partial charge in [0.25, 0.3) is 5.69 Å². The van der Waals surface area contributed by atoms with Crippen molar-refractivity contribution in [3.05, 3.63) is 33.9 Å². The molecule has 0 bridgehead atoms. The van der Waals surface area contributed by atoms with E-state index >= 15 is 0 Å². The summed E-state index contributed by atoms with van der Waals surface area (Å²) in [5, 5.41) is 14.1. The van der Waals surface area contributed by atoms with Gasteiger partial charge in [0.2, 0.25) is 0 Å². The summed E-state index contributed by atoms with van der Waals surface area (Å²) in [6.45, 7) is 8.16. The fourth-order valence-corrected chi connectivity index (χ4v) is 1.95. The fourth-order valence-electron chi connectivity index (χ4n) is 1.95. The Balaban J connectivity index is 2.37. The second-order valence-corrected chi connectivity index (χ2v) is 5.52. The molecule has 0 amide bonds. The molecule has 1 rings (SSSR count). The van der Waals surface area contributed by atoms with Crippen LogP contribution in [0.1, 0.15) is 32.3 Å². The van der Waals surface area contributed by atoms with Gasteiger partial charge in [-0.05, 0) is 58.8 Å². The number of nitro benzene ring substituents is 1. The van der Waals surface area contributed by atoms with Crippen LogP contribution in [0.15, 0.2) is 18.2 Å². The SMILES string of the molecule is Cc1cc(NCCCCN(C)C(C)C)cc([N+](=O)[O-])c1. The van der Waals surface area contributed by atoms with Crippen molar-refractivity contribution in [2.24, 2.45) is 0 Å². The van der Waals surface area contributed by atoms with E-state index < -0.39 is 0 Å². The Bertz CT molecular complexity index is 447. The Labute approximate surface area is 121 Å². The first-order chi connectivity index (χ1) is 9.40. The van der Waals surface area contributed by atoms with Crippen LogP contribution in [-0.2, 0) is 0 Å². The molecule has 0 saturated heterocycles. The van der Waals surface area contributed by atoms with Crippen LogP contribution in [0.3, 0.4) is 0 Å². The largest absolute Gasteiger partial charge is 0.385 e. The van der Waals surface area contributed by atoms with Crippen molar-refractivity contribution in [2.45, 2.75) is 39.7 Å². The Kier molecular flexibility index (Phi) is 6.45. The summed E-state index contributed by atoms with van der Waals surface area (Å²) in [5.74, 6) is 0. The van der Waals surface area contributed by atoms with Gasteiger partial charge in [0.05, 0.1) is 4.92 Å². The number of hydrogen-bond donors (Lipinski definition) is 1. The van der Waals surface area contributed by atoms with E-state index in [1.165, 1.54) is 0 Å². The van der Waals surface area contributed by atoms with E-state index in [1.807, 2.05) is 13.0 Å². The van der Waals surface area contributed by atoms with Gasteiger partial charge in [-0.3, -0.25) is 10.1 Å². The minimum atomic E-state index is -0.351. The minimum Gasteiger partial charge on any atom is -0.385 e. The summed E-state index contributed by atoms with van der Waals surface area (Å²) < 4.78 is 0. The lowest BCUT2D eigenvalue weighted by molar-refractivity contribution is -0.384. The van der Waals surface area contributed by atoms with Crippen LogP contribution < -0.4 is 5.32 Å². The first kappa shape index (κ1) is 16.4. The van der Waals surface area contributed by atoms with E-state index in [9.17, 15) is 10.1 Å². The van der Waals surface area contributed by atoms with Crippen LogP contribution in [-0.4, -0.2) is 36.0 Å². The maximum Gasteiger partial charge on any atom is 0.271 e. The fraction of sp³-hybridized carbons (Fsp3) is 0.600. The molecule has 0 fully saturated rings. The zero-order chi connectivity index (χ0) is 15.1. The molecule has 0 aliphatic heterocycles. The molecule has 0 aliphatic rings. The normalized spacial score (nSPS) is 11.1. The lowest BCUT2D eigenvalue weighted by Gasteiger charge is -2.20. The molecule has 0 saturated carbocycles. The number of hydrogen-bond acceptors (Lipinski definition) is 4. The van der Waals surface area contributed by atoms with Crippen LogP contribution >= 0.6 is 0 Å². The number of aryl methyl sites for hydroxylation is 1. The second kappa shape index (κ2) is 7.85. The van der Waals surface area contributed by atoms with Gasteiger partial charge < -0.3 is 10.2 Å². The highest BCUT2D eigenvalue weighted by Crippen LogP contribution is 2.20. The van der Waals surface area contributed by atoms with Crippen LogP contribution in [0.5, 0.6) is 0 Å². The van der Waals surface area contributed by atoms with Crippen molar-refractivity contribution >= 4 is 11.4 Å². The molecule has 1 aromatic rings. The first-order valence-electron chi connectivity index (χ1n) is 7.10. The van der Waals surface area contributed by atoms with Gasteiger partial charge in [0, 0.05) is 30.4 Å². The number of benzene rings is 1. The van der Waals surface area contributed by atoms with E-state index in [0.717, 1.165) is 37.2 Å². The van der Waals surface area contributed by atoms with Gasteiger partial charge in [-0.25, -0.2) is 0 Å². The first-order valence-corrected chi connectivity index (χ1v) is 7.10. The average Bonchev–Trinajstić information content (AvgIpc) is 2.37. The second-order valence-electron chi connectivity index (χ2n) is 5.52.